The third kappa shape index (κ3) is 7.40. The van der Waals surface area contributed by atoms with Crippen molar-refractivity contribution < 1.29 is 9.13 Å². The van der Waals surface area contributed by atoms with Crippen LogP contribution < -0.4 is 20.7 Å². The largest absolute Gasteiger partial charge is 0.491 e. The molecule has 2 fully saturated rings. The number of nitrogens with one attached hydrogen (secondary N) is 3. The minimum atomic E-state index is -0.409. The van der Waals surface area contributed by atoms with Crippen LogP contribution in [-0.2, 0) is 0 Å². The zero-order chi connectivity index (χ0) is 24.5. The summed E-state index contributed by atoms with van der Waals surface area (Å²) < 4.78 is 20.0. The van der Waals surface area contributed by atoms with Gasteiger partial charge in [-0.05, 0) is 57.3 Å². The molecular weight excluding hydrogens is 445 g/mol. The van der Waals surface area contributed by atoms with E-state index in [1.807, 2.05) is 6.92 Å². The fourth-order valence-corrected chi connectivity index (χ4v) is 4.97. The lowest BCUT2D eigenvalue weighted by Crippen LogP contribution is -2.35. The molecule has 4 rings (SSSR count). The van der Waals surface area contributed by atoms with Crippen LogP contribution in [0.4, 0.5) is 27.9 Å². The number of likely N-dealkylation sites (N-methyl/N-ethyl adjacent to an activating group) is 1. The van der Waals surface area contributed by atoms with Gasteiger partial charge >= 0.3 is 0 Å². The highest BCUT2D eigenvalue weighted by Crippen LogP contribution is 2.25. The number of nitrogens with zero attached hydrogens (tertiary/aromatic N) is 4. The van der Waals surface area contributed by atoms with Gasteiger partial charge in [-0.2, -0.15) is 15.0 Å². The van der Waals surface area contributed by atoms with E-state index < -0.39 is 5.82 Å². The highest BCUT2D eigenvalue weighted by molar-refractivity contribution is 5.57. The molecule has 1 atom stereocenters. The van der Waals surface area contributed by atoms with Crippen molar-refractivity contribution in [2.75, 3.05) is 42.2 Å². The van der Waals surface area contributed by atoms with Gasteiger partial charge in [0.05, 0.1) is 6.61 Å². The maximum absolute atomic E-state index is 14.5. The summed E-state index contributed by atoms with van der Waals surface area (Å²) in [5.74, 6) is 1.32. The maximum Gasteiger partial charge on any atom is 0.233 e. The Morgan fingerprint density at radius 1 is 0.971 bits per heavy atom. The quantitative estimate of drug-likeness (QED) is 0.356. The molecule has 0 bridgehead atoms. The lowest BCUT2D eigenvalue weighted by molar-refractivity contribution is 0.277. The first-order chi connectivity index (χ1) is 17.1. The molecule has 3 N–H and O–H groups in total. The average molecular weight is 486 g/mol. The van der Waals surface area contributed by atoms with Crippen molar-refractivity contribution in [3.05, 3.63) is 24.0 Å². The van der Waals surface area contributed by atoms with Crippen LogP contribution in [0.15, 0.2) is 18.2 Å². The number of rotatable bonds is 11. The molecule has 0 spiro atoms. The molecule has 1 saturated carbocycles. The molecule has 192 valence electrons. The summed E-state index contributed by atoms with van der Waals surface area (Å²) in [6.45, 7) is 7.67. The standard InChI is InChI=1S/C26H40FN7O/c1-3-16-35-23-14-13-20(17-22(23)27)30-26-32-24(28-18-21-12-9-15-34(21)4-2)31-25(33-26)29-19-10-7-5-6-8-11-19/h13-14,17,19,21H,3-12,15-16,18H2,1-2H3,(H3,28,29,30,31,32,33). The molecule has 1 aromatic carbocycles. The van der Waals surface area contributed by atoms with Crippen molar-refractivity contribution in [3.63, 3.8) is 0 Å². The van der Waals surface area contributed by atoms with Crippen LogP contribution in [0, 0.1) is 5.82 Å². The second-order valence-corrected chi connectivity index (χ2v) is 9.56. The lowest BCUT2D eigenvalue weighted by atomic mass is 10.1. The highest BCUT2D eigenvalue weighted by Gasteiger charge is 2.23. The Balaban J connectivity index is 1.50. The van der Waals surface area contributed by atoms with E-state index in [1.165, 1.54) is 44.6 Å². The fraction of sp³-hybridized carbons (Fsp3) is 0.654. The van der Waals surface area contributed by atoms with Crippen molar-refractivity contribution in [1.29, 1.82) is 0 Å². The Morgan fingerprint density at radius 2 is 1.74 bits per heavy atom. The Kier molecular flexibility index (Phi) is 9.34. The summed E-state index contributed by atoms with van der Waals surface area (Å²) in [7, 11) is 0. The Labute approximate surface area is 208 Å². The van der Waals surface area contributed by atoms with Gasteiger partial charge < -0.3 is 20.7 Å². The third-order valence-corrected chi connectivity index (χ3v) is 6.87. The van der Waals surface area contributed by atoms with Gasteiger partial charge in [0, 0.05) is 30.4 Å². The second-order valence-electron chi connectivity index (χ2n) is 9.56. The molecule has 0 radical (unpaired) electrons. The lowest BCUT2D eigenvalue weighted by Gasteiger charge is -2.23. The number of likely N-dealkylation sites (tertiary alicyclic amines) is 1. The van der Waals surface area contributed by atoms with E-state index >= 15 is 0 Å². The molecule has 2 aliphatic rings. The van der Waals surface area contributed by atoms with Crippen LogP contribution >= 0.6 is 0 Å². The fourth-order valence-electron chi connectivity index (χ4n) is 4.97. The molecule has 1 aliphatic carbocycles. The number of hydrogen-bond acceptors (Lipinski definition) is 8. The van der Waals surface area contributed by atoms with E-state index in [0.29, 0.717) is 42.2 Å². The average Bonchev–Trinajstić information content (AvgIpc) is 3.16. The second kappa shape index (κ2) is 12.9. The smallest absolute Gasteiger partial charge is 0.233 e. The molecule has 8 nitrogen and oxygen atoms in total. The summed E-state index contributed by atoms with van der Waals surface area (Å²) in [4.78, 5) is 16.4. The van der Waals surface area contributed by atoms with Crippen molar-refractivity contribution in [2.24, 2.45) is 0 Å². The molecule has 1 saturated heterocycles. The maximum atomic E-state index is 14.5. The molecule has 2 heterocycles. The van der Waals surface area contributed by atoms with Crippen molar-refractivity contribution in [3.8, 4) is 5.75 Å². The Morgan fingerprint density at radius 3 is 2.49 bits per heavy atom. The number of halogens is 1. The number of benzene rings is 1. The predicted molar refractivity (Wildman–Crippen MR) is 139 cm³/mol. The molecule has 0 amide bonds. The summed E-state index contributed by atoms with van der Waals surface area (Å²) in [5, 5.41) is 10.1. The molecule has 1 aromatic heterocycles. The third-order valence-electron chi connectivity index (χ3n) is 6.87. The topological polar surface area (TPSA) is 87.2 Å². The predicted octanol–water partition coefficient (Wildman–Crippen LogP) is 5.57. The zero-order valence-corrected chi connectivity index (χ0v) is 21.2. The Hall–Kier alpha value is -2.68. The van der Waals surface area contributed by atoms with Gasteiger partial charge in [-0.25, -0.2) is 4.39 Å². The Bertz CT molecular complexity index is 936. The van der Waals surface area contributed by atoms with Gasteiger partial charge in [0.1, 0.15) is 0 Å². The molecular formula is C26H40FN7O. The molecule has 35 heavy (non-hydrogen) atoms. The van der Waals surface area contributed by atoms with Crippen LogP contribution in [0.2, 0.25) is 0 Å². The first-order valence-corrected chi connectivity index (χ1v) is 13.3. The number of aromatic nitrogens is 3. The molecule has 1 unspecified atom stereocenters. The first-order valence-electron chi connectivity index (χ1n) is 13.3. The monoisotopic (exact) mass is 485 g/mol. The van der Waals surface area contributed by atoms with Crippen LogP contribution in [0.1, 0.15) is 71.6 Å². The van der Waals surface area contributed by atoms with Gasteiger partial charge in [0.15, 0.2) is 11.6 Å². The van der Waals surface area contributed by atoms with Crippen LogP contribution in [0.5, 0.6) is 5.75 Å². The van der Waals surface area contributed by atoms with Gasteiger partial charge in [-0.3, -0.25) is 4.90 Å². The van der Waals surface area contributed by atoms with Gasteiger partial charge in [0.25, 0.3) is 0 Å². The zero-order valence-electron chi connectivity index (χ0n) is 21.2. The normalized spacial score (nSPS) is 19.3. The van der Waals surface area contributed by atoms with Crippen LogP contribution in [0.3, 0.4) is 0 Å². The van der Waals surface area contributed by atoms with E-state index in [-0.39, 0.29) is 5.75 Å². The highest BCUT2D eigenvalue weighted by atomic mass is 19.1. The summed E-state index contributed by atoms with van der Waals surface area (Å²) in [5.41, 5.74) is 0.567. The molecule has 9 heteroatoms. The summed E-state index contributed by atoms with van der Waals surface area (Å²) >= 11 is 0. The van der Waals surface area contributed by atoms with E-state index in [1.54, 1.807) is 12.1 Å². The number of hydrogen-bond donors (Lipinski definition) is 3. The SMILES string of the molecule is CCCOc1ccc(Nc2nc(NCC3CCCN3CC)nc(NC3CCCCCC3)n2)cc1F. The van der Waals surface area contributed by atoms with Crippen molar-refractivity contribution in [1.82, 2.24) is 19.9 Å². The van der Waals surface area contributed by atoms with E-state index in [9.17, 15) is 4.39 Å². The minimum Gasteiger partial charge on any atom is -0.491 e. The van der Waals surface area contributed by atoms with E-state index in [4.69, 9.17) is 4.74 Å². The minimum absolute atomic E-state index is 0.253. The molecule has 2 aromatic rings. The van der Waals surface area contributed by atoms with Gasteiger partial charge in [0.2, 0.25) is 17.8 Å². The summed E-state index contributed by atoms with van der Waals surface area (Å²) in [6, 6.07) is 5.67. The van der Waals surface area contributed by atoms with Crippen molar-refractivity contribution >= 4 is 23.5 Å². The van der Waals surface area contributed by atoms with Crippen LogP contribution in [0.25, 0.3) is 0 Å². The molecule has 1 aliphatic heterocycles. The number of anilines is 4. The van der Waals surface area contributed by atoms with Gasteiger partial charge in [-0.1, -0.05) is 39.5 Å². The number of ether oxygens (including phenoxy) is 1. The summed E-state index contributed by atoms with van der Waals surface area (Å²) in [6.07, 6.45) is 10.5. The van der Waals surface area contributed by atoms with E-state index in [2.05, 4.69) is 42.7 Å². The van der Waals surface area contributed by atoms with Crippen molar-refractivity contribution in [2.45, 2.75) is 83.7 Å². The van der Waals surface area contributed by atoms with Gasteiger partial charge in [-0.15, -0.1) is 0 Å². The van der Waals surface area contributed by atoms with Crippen LogP contribution in [-0.4, -0.2) is 58.2 Å². The van der Waals surface area contributed by atoms with E-state index in [0.717, 1.165) is 38.9 Å². The first kappa shape index (κ1) is 25.4.